The van der Waals surface area contributed by atoms with Gasteiger partial charge in [-0.05, 0) is 89.9 Å². The molecule has 0 amide bonds. The summed E-state index contributed by atoms with van der Waals surface area (Å²) in [5.74, 6) is -0.584. The summed E-state index contributed by atoms with van der Waals surface area (Å²) < 4.78 is 10.7. The summed E-state index contributed by atoms with van der Waals surface area (Å²) in [7, 11) is 0. The normalized spacial score (nSPS) is 12.8. The van der Waals surface area contributed by atoms with E-state index in [2.05, 4.69) is 98.9 Å². The first kappa shape index (κ1) is 67.1. The fourth-order valence-electron chi connectivity index (χ4n) is 8.67. The zero-order valence-corrected chi connectivity index (χ0v) is 46.3. The number of carbonyl (C=O) groups is 2. The molecular weight excluding hydrogens is 861 g/mol. The average molecular weight is 976 g/mol. The number of unbranched alkanes of at least 4 members (excludes halogenated alkanes) is 33. The van der Waals surface area contributed by atoms with Gasteiger partial charge in [0.15, 0.2) is 6.10 Å². The molecule has 0 fully saturated rings. The smallest absolute Gasteiger partial charge is 0.306 e. The third-order valence-electron chi connectivity index (χ3n) is 13.2. The number of aliphatic hydroxyl groups excluding tert-OH is 1. The molecule has 0 aromatic carbocycles. The van der Waals surface area contributed by atoms with Crippen LogP contribution in [0.5, 0.6) is 0 Å². The predicted octanol–water partition coefficient (Wildman–Crippen LogP) is 20.5. The van der Waals surface area contributed by atoms with Crippen molar-refractivity contribution in [2.24, 2.45) is 0 Å². The number of hydrogen-bond donors (Lipinski definition) is 1. The second-order valence-corrected chi connectivity index (χ2v) is 20.0. The van der Waals surface area contributed by atoms with Gasteiger partial charge in [0.05, 0.1) is 6.61 Å². The molecule has 70 heavy (non-hydrogen) atoms. The molecule has 0 aliphatic heterocycles. The lowest BCUT2D eigenvalue weighted by Gasteiger charge is -2.15. The third-order valence-corrected chi connectivity index (χ3v) is 13.2. The minimum absolute atomic E-state index is 0.0675. The van der Waals surface area contributed by atoms with E-state index in [1.54, 1.807) is 0 Å². The van der Waals surface area contributed by atoms with Gasteiger partial charge in [0.2, 0.25) is 0 Å². The zero-order chi connectivity index (χ0) is 50.6. The molecule has 0 bridgehead atoms. The van der Waals surface area contributed by atoms with Gasteiger partial charge in [-0.3, -0.25) is 9.59 Å². The van der Waals surface area contributed by atoms with E-state index < -0.39 is 6.10 Å². The predicted molar refractivity (Wildman–Crippen MR) is 306 cm³/mol. The van der Waals surface area contributed by atoms with Crippen LogP contribution in [-0.2, 0) is 19.1 Å². The summed E-state index contributed by atoms with van der Waals surface area (Å²) >= 11 is 0. The number of esters is 2. The highest BCUT2D eigenvalue weighted by atomic mass is 16.6. The molecular formula is C65H114O5. The lowest BCUT2D eigenvalue weighted by Crippen LogP contribution is -2.28. The third kappa shape index (κ3) is 57.7. The summed E-state index contributed by atoms with van der Waals surface area (Å²) in [5.41, 5.74) is 0. The molecule has 5 nitrogen and oxygen atoms in total. The van der Waals surface area contributed by atoms with Crippen LogP contribution in [0.15, 0.2) is 85.1 Å². The second-order valence-electron chi connectivity index (χ2n) is 20.0. The number of carbonyl (C=O) groups excluding carboxylic acids is 2. The highest BCUT2D eigenvalue weighted by molar-refractivity contribution is 5.70. The van der Waals surface area contributed by atoms with E-state index in [-0.39, 0.29) is 25.2 Å². The van der Waals surface area contributed by atoms with Gasteiger partial charge in [0, 0.05) is 12.8 Å². The summed E-state index contributed by atoms with van der Waals surface area (Å²) in [6.45, 7) is 4.04. The molecule has 5 heteroatoms. The Kier molecular flexibility index (Phi) is 57.9. The van der Waals surface area contributed by atoms with Gasteiger partial charge in [-0.1, -0.05) is 279 Å². The van der Waals surface area contributed by atoms with E-state index in [1.165, 1.54) is 193 Å². The fourth-order valence-corrected chi connectivity index (χ4v) is 8.67. The van der Waals surface area contributed by atoms with E-state index in [9.17, 15) is 14.7 Å². The van der Waals surface area contributed by atoms with Crippen molar-refractivity contribution in [3.8, 4) is 0 Å². The molecule has 1 unspecified atom stereocenters. The van der Waals surface area contributed by atoms with Crippen LogP contribution < -0.4 is 0 Å². The number of rotatable bonds is 55. The Morgan fingerprint density at radius 1 is 0.343 bits per heavy atom. The van der Waals surface area contributed by atoms with Gasteiger partial charge in [0.1, 0.15) is 6.61 Å². The summed E-state index contributed by atoms with van der Waals surface area (Å²) in [5, 5.41) is 9.67. The van der Waals surface area contributed by atoms with Gasteiger partial charge in [-0.25, -0.2) is 0 Å². The minimum Gasteiger partial charge on any atom is -0.462 e. The molecule has 404 valence electrons. The number of hydrogen-bond acceptors (Lipinski definition) is 5. The zero-order valence-electron chi connectivity index (χ0n) is 46.3. The molecule has 0 saturated carbocycles. The maximum absolute atomic E-state index is 12.3. The monoisotopic (exact) mass is 975 g/mol. The molecule has 0 heterocycles. The Bertz CT molecular complexity index is 1290. The van der Waals surface area contributed by atoms with Crippen molar-refractivity contribution in [3.05, 3.63) is 85.1 Å². The van der Waals surface area contributed by atoms with Gasteiger partial charge >= 0.3 is 11.9 Å². The van der Waals surface area contributed by atoms with E-state index in [4.69, 9.17) is 9.47 Å². The Morgan fingerprint density at radius 3 is 0.929 bits per heavy atom. The SMILES string of the molecule is CC/C=C\C/C=C\C/C=C\C/C=C\CCCCCCCCCCCCCCCCCCC(=O)OC(CO)COC(=O)CCCCCCCCCCCCCC/C=C\C/C=C\C/C=C\CCCCCCC. The highest BCUT2D eigenvalue weighted by Crippen LogP contribution is 2.17. The van der Waals surface area contributed by atoms with Gasteiger partial charge in [-0.15, -0.1) is 0 Å². The molecule has 0 aromatic heterocycles. The van der Waals surface area contributed by atoms with Crippen molar-refractivity contribution < 1.29 is 24.2 Å². The van der Waals surface area contributed by atoms with Crippen molar-refractivity contribution in [1.29, 1.82) is 0 Å². The van der Waals surface area contributed by atoms with Gasteiger partial charge in [0.25, 0.3) is 0 Å². The van der Waals surface area contributed by atoms with E-state index in [0.29, 0.717) is 12.8 Å². The Balaban J connectivity index is 3.47. The van der Waals surface area contributed by atoms with Crippen molar-refractivity contribution in [2.75, 3.05) is 13.2 Å². The van der Waals surface area contributed by atoms with Crippen LogP contribution in [0.25, 0.3) is 0 Å². The molecule has 1 N–H and O–H groups in total. The highest BCUT2D eigenvalue weighted by Gasteiger charge is 2.16. The van der Waals surface area contributed by atoms with Crippen molar-refractivity contribution in [2.45, 2.75) is 302 Å². The molecule has 0 aliphatic rings. The quantitative estimate of drug-likeness (QED) is 0.0373. The van der Waals surface area contributed by atoms with Crippen LogP contribution in [0.2, 0.25) is 0 Å². The Morgan fingerprint density at radius 2 is 0.614 bits per heavy atom. The summed E-state index contributed by atoms with van der Waals surface area (Å²) in [6, 6.07) is 0. The average Bonchev–Trinajstić information content (AvgIpc) is 3.36. The second kappa shape index (κ2) is 60.4. The Hall–Kier alpha value is -2.92. The lowest BCUT2D eigenvalue weighted by molar-refractivity contribution is -0.161. The summed E-state index contributed by atoms with van der Waals surface area (Å²) in [4.78, 5) is 24.6. The number of allylic oxidation sites excluding steroid dienone is 14. The number of ether oxygens (including phenoxy) is 2. The molecule has 0 rings (SSSR count). The molecule has 0 radical (unpaired) electrons. The maximum Gasteiger partial charge on any atom is 0.306 e. The first-order valence-corrected chi connectivity index (χ1v) is 30.1. The molecule has 0 saturated heterocycles. The van der Waals surface area contributed by atoms with Crippen LogP contribution in [0.4, 0.5) is 0 Å². The van der Waals surface area contributed by atoms with Crippen LogP contribution >= 0.6 is 0 Å². The van der Waals surface area contributed by atoms with Gasteiger partial charge < -0.3 is 14.6 Å². The first-order valence-electron chi connectivity index (χ1n) is 30.1. The fraction of sp³-hybridized carbons (Fsp3) is 0.754. The Labute approximate surface area is 435 Å². The molecule has 0 aromatic rings. The summed E-state index contributed by atoms with van der Waals surface area (Å²) in [6.07, 6.45) is 84.2. The van der Waals surface area contributed by atoms with Crippen LogP contribution in [-0.4, -0.2) is 36.4 Å². The minimum atomic E-state index is -0.777. The van der Waals surface area contributed by atoms with E-state index in [1.807, 2.05) is 0 Å². The first-order chi connectivity index (χ1) is 34.6. The molecule has 0 aliphatic carbocycles. The van der Waals surface area contributed by atoms with E-state index >= 15 is 0 Å². The lowest BCUT2D eigenvalue weighted by atomic mass is 10.0. The van der Waals surface area contributed by atoms with Crippen molar-refractivity contribution in [3.63, 3.8) is 0 Å². The topological polar surface area (TPSA) is 72.8 Å². The maximum atomic E-state index is 12.3. The van der Waals surface area contributed by atoms with Gasteiger partial charge in [-0.2, -0.15) is 0 Å². The number of aliphatic hydroxyl groups is 1. The molecule has 1 atom stereocenters. The van der Waals surface area contributed by atoms with Crippen molar-refractivity contribution in [1.82, 2.24) is 0 Å². The molecule has 0 spiro atoms. The van der Waals surface area contributed by atoms with Crippen LogP contribution in [0.1, 0.15) is 296 Å². The standard InChI is InChI=1S/C65H114O5/c1-3-5-7-9-11-13-15-17-19-21-23-25-27-29-31-32-34-36-38-40-42-44-46-48-50-52-54-56-58-60-65(68)70-63(61-66)62-69-64(67)59-57-55-53-51-49-47-45-43-41-39-37-35-33-30-28-26-24-22-20-18-16-14-12-10-8-6-4-2/h5,7,11,13,16-19,22-25,28,30,63,66H,3-4,6,8-10,12,14-15,20-21,26-27,29,31-62H2,1-2H3/b7-5-,13-11-,18-16-,19-17-,24-22-,25-23-,30-28-. The van der Waals surface area contributed by atoms with Crippen LogP contribution in [0, 0.1) is 0 Å². The van der Waals surface area contributed by atoms with Crippen molar-refractivity contribution >= 4 is 11.9 Å². The van der Waals surface area contributed by atoms with E-state index in [0.717, 1.165) is 77.0 Å². The largest absolute Gasteiger partial charge is 0.462 e. The van der Waals surface area contributed by atoms with Crippen LogP contribution in [0.3, 0.4) is 0 Å².